The number of aromatic nitrogens is 1. The van der Waals surface area contributed by atoms with Crippen molar-refractivity contribution in [2.75, 3.05) is 12.4 Å². The minimum Gasteiger partial charge on any atom is -0.399 e. The van der Waals surface area contributed by atoms with E-state index in [0.29, 0.717) is 27.9 Å². The molecule has 0 fully saturated rings. The average Bonchev–Trinajstić information content (AvgIpc) is 2.57. The van der Waals surface area contributed by atoms with E-state index in [2.05, 4.69) is 15.5 Å². The fourth-order valence-electron chi connectivity index (χ4n) is 2.08. The Hall–Kier alpha value is -2.11. The Morgan fingerprint density at radius 1 is 1.33 bits per heavy atom. The van der Waals surface area contributed by atoms with Crippen molar-refractivity contribution in [3.8, 4) is 0 Å². The maximum atomic E-state index is 12.3. The molecule has 1 heterocycles. The SMILES string of the molecule is CO/N=C(\CC(C)C(=O)Nc1cccnc1)c1ccc(Cl)c(Cl)c1. The summed E-state index contributed by atoms with van der Waals surface area (Å²) in [6.45, 7) is 1.81. The number of nitrogens with one attached hydrogen (secondary N) is 1. The van der Waals surface area contributed by atoms with Crippen molar-refractivity contribution in [2.24, 2.45) is 11.1 Å². The molecule has 0 spiro atoms. The van der Waals surface area contributed by atoms with Gasteiger partial charge in [-0.3, -0.25) is 9.78 Å². The molecular formula is C17H17Cl2N3O2. The van der Waals surface area contributed by atoms with Crippen LogP contribution in [0.1, 0.15) is 18.9 Å². The van der Waals surface area contributed by atoms with Crippen LogP contribution in [0.25, 0.3) is 0 Å². The highest BCUT2D eigenvalue weighted by atomic mass is 35.5. The van der Waals surface area contributed by atoms with Gasteiger partial charge in [-0.15, -0.1) is 0 Å². The Morgan fingerprint density at radius 3 is 2.75 bits per heavy atom. The van der Waals surface area contributed by atoms with E-state index in [9.17, 15) is 4.79 Å². The van der Waals surface area contributed by atoms with Crippen LogP contribution < -0.4 is 5.32 Å². The third kappa shape index (κ3) is 4.94. The van der Waals surface area contributed by atoms with Crippen LogP contribution in [0.4, 0.5) is 5.69 Å². The van der Waals surface area contributed by atoms with Crippen molar-refractivity contribution in [3.05, 3.63) is 58.3 Å². The average molecular weight is 366 g/mol. The van der Waals surface area contributed by atoms with Gasteiger partial charge in [0, 0.05) is 24.1 Å². The molecule has 1 amide bonds. The molecule has 0 aliphatic heterocycles. The molecule has 0 saturated carbocycles. The van der Waals surface area contributed by atoms with Crippen LogP contribution in [0.5, 0.6) is 0 Å². The number of oxime groups is 1. The van der Waals surface area contributed by atoms with E-state index in [0.717, 1.165) is 5.56 Å². The molecule has 2 rings (SSSR count). The summed E-state index contributed by atoms with van der Waals surface area (Å²) in [5.41, 5.74) is 2.02. The van der Waals surface area contributed by atoms with E-state index >= 15 is 0 Å². The highest BCUT2D eigenvalue weighted by Crippen LogP contribution is 2.24. The summed E-state index contributed by atoms with van der Waals surface area (Å²) in [6, 6.07) is 8.71. The van der Waals surface area contributed by atoms with E-state index in [1.54, 1.807) is 42.7 Å². The van der Waals surface area contributed by atoms with Crippen LogP contribution in [-0.4, -0.2) is 23.7 Å². The summed E-state index contributed by atoms with van der Waals surface area (Å²) in [5, 5.41) is 7.71. The summed E-state index contributed by atoms with van der Waals surface area (Å²) < 4.78 is 0. The Labute approximate surface area is 150 Å². The van der Waals surface area contributed by atoms with Crippen LogP contribution in [0, 0.1) is 5.92 Å². The molecule has 126 valence electrons. The lowest BCUT2D eigenvalue weighted by atomic mass is 9.98. The quantitative estimate of drug-likeness (QED) is 0.609. The number of carbonyl (C=O) groups is 1. The normalized spacial score (nSPS) is 12.6. The molecule has 1 unspecified atom stereocenters. The summed E-state index contributed by atoms with van der Waals surface area (Å²) in [7, 11) is 1.46. The second kappa shape index (κ2) is 8.66. The van der Waals surface area contributed by atoms with Crippen molar-refractivity contribution in [3.63, 3.8) is 0 Å². The van der Waals surface area contributed by atoms with E-state index < -0.39 is 0 Å². The van der Waals surface area contributed by atoms with Gasteiger partial charge in [0.2, 0.25) is 5.91 Å². The number of nitrogens with zero attached hydrogens (tertiary/aromatic N) is 2. The van der Waals surface area contributed by atoms with Gasteiger partial charge in [0.1, 0.15) is 7.11 Å². The van der Waals surface area contributed by atoms with Gasteiger partial charge in [0.25, 0.3) is 0 Å². The number of benzene rings is 1. The molecule has 0 bridgehead atoms. The fourth-order valence-corrected chi connectivity index (χ4v) is 2.38. The highest BCUT2D eigenvalue weighted by molar-refractivity contribution is 6.42. The van der Waals surface area contributed by atoms with Crippen LogP contribution in [-0.2, 0) is 9.63 Å². The van der Waals surface area contributed by atoms with E-state index in [1.807, 2.05) is 6.92 Å². The third-order valence-electron chi connectivity index (χ3n) is 3.33. The first kappa shape index (κ1) is 18.2. The van der Waals surface area contributed by atoms with Gasteiger partial charge in [-0.05, 0) is 24.3 Å². The predicted octanol–water partition coefficient (Wildman–Crippen LogP) is 4.40. The molecule has 0 aliphatic carbocycles. The number of carbonyl (C=O) groups excluding carboxylic acids is 1. The number of hydrogen-bond donors (Lipinski definition) is 1. The van der Waals surface area contributed by atoms with Crippen molar-refractivity contribution < 1.29 is 9.63 Å². The molecule has 0 saturated heterocycles. The lowest BCUT2D eigenvalue weighted by molar-refractivity contribution is -0.119. The number of pyridine rings is 1. The number of rotatable bonds is 6. The van der Waals surface area contributed by atoms with Gasteiger partial charge in [0.05, 0.1) is 27.6 Å². The standard InChI is InChI=1S/C17H17Cl2N3O2/c1-11(17(23)21-13-4-3-7-20-10-13)8-16(22-24-2)12-5-6-14(18)15(19)9-12/h3-7,9-11H,8H2,1-2H3,(H,21,23)/b22-16+. The van der Waals surface area contributed by atoms with Gasteiger partial charge in [-0.1, -0.05) is 41.3 Å². The Kier molecular flexibility index (Phi) is 6.58. The molecule has 24 heavy (non-hydrogen) atoms. The van der Waals surface area contributed by atoms with Crippen molar-refractivity contribution in [1.82, 2.24) is 4.98 Å². The van der Waals surface area contributed by atoms with Crippen molar-refractivity contribution in [2.45, 2.75) is 13.3 Å². The summed E-state index contributed by atoms with van der Waals surface area (Å²) in [6.07, 6.45) is 3.62. The first-order valence-electron chi connectivity index (χ1n) is 7.27. The summed E-state index contributed by atoms with van der Waals surface area (Å²) >= 11 is 12.0. The monoisotopic (exact) mass is 365 g/mol. The number of hydrogen-bond acceptors (Lipinski definition) is 4. The second-order valence-corrected chi connectivity index (χ2v) is 6.00. The highest BCUT2D eigenvalue weighted by Gasteiger charge is 2.18. The van der Waals surface area contributed by atoms with Crippen molar-refractivity contribution in [1.29, 1.82) is 0 Å². The summed E-state index contributed by atoms with van der Waals surface area (Å²) in [5.74, 6) is -0.458. The molecule has 1 aromatic carbocycles. The minimum atomic E-state index is -0.325. The maximum Gasteiger partial charge on any atom is 0.227 e. The number of amides is 1. The van der Waals surface area contributed by atoms with Gasteiger partial charge in [-0.2, -0.15) is 0 Å². The number of anilines is 1. The molecule has 0 radical (unpaired) electrons. The zero-order chi connectivity index (χ0) is 17.5. The lowest BCUT2D eigenvalue weighted by Crippen LogP contribution is -2.23. The molecule has 2 aromatic rings. The molecular weight excluding hydrogens is 349 g/mol. The fraction of sp³-hybridized carbons (Fsp3) is 0.235. The first-order chi connectivity index (χ1) is 11.5. The van der Waals surface area contributed by atoms with Gasteiger partial charge < -0.3 is 10.2 Å². The topological polar surface area (TPSA) is 63.6 Å². The second-order valence-electron chi connectivity index (χ2n) is 5.19. The van der Waals surface area contributed by atoms with Crippen LogP contribution in [0.15, 0.2) is 47.9 Å². The predicted molar refractivity (Wildman–Crippen MR) is 96.7 cm³/mol. The third-order valence-corrected chi connectivity index (χ3v) is 4.07. The van der Waals surface area contributed by atoms with Crippen molar-refractivity contribution >= 4 is 40.5 Å². The molecule has 1 atom stereocenters. The van der Waals surface area contributed by atoms with Crippen LogP contribution in [0.2, 0.25) is 10.0 Å². The van der Waals surface area contributed by atoms with Crippen LogP contribution in [0.3, 0.4) is 0 Å². The Morgan fingerprint density at radius 2 is 2.12 bits per heavy atom. The van der Waals surface area contributed by atoms with Gasteiger partial charge in [-0.25, -0.2) is 0 Å². The smallest absolute Gasteiger partial charge is 0.227 e. The lowest BCUT2D eigenvalue weighted by Gasteiger charge is -2.14. The van der Waals surface area contributed by atoms with Gasteiger partial charge >= 0.3 is 0 Å². The molecule has 5 nitrogen and oxygen atoms in total. The van der Waals surface area contributed by atoms with E-state index in [1.165, 1.54) is 7.11 Å². The Balaban J connectivity index is 2.10. The molecule has 7 heteroatoms. The first-order valence-corrected chi connectivity index (χ1v) is 8.03. The molecule has 0 aliphatic rings. The minimum absolute atomic E-state index is 0.133. The number of halogens is 2. The zero-order valence-electron chi connectivity index (χ0n) is 13.3. The zero-order valence-corrected chi connectivity index (χ0v) is 14.8. The van der Waals surface area contributed by atoms with E-state index in [-0.39, 0.29) is 11.8 Å². The Bertz CT molecular complexity index is 736. The van der Waals surface area contributed by atoms with Crippen LogP contribution >= 0.6 is 23.2 Å². The molecule has 1 N–H and O–H groups in total. The maximum absolute atomic E-state index is 12.3. The van der Waals surface area contributed by atoms with E-state index in [4.69, 9.17) is 28.0 Å². The molecule has 1 aromatic heterocycles. The largest absolute Gasteiger partial charge is 0.399 e. The summed E-state index contributed by atoms with van der Waals surface area (Å²) in [4.78, 5) is 21.2. The van der Waals surface area contributed by atoms with Gasteiger partial charge in [0.15, 0.2) is 0 Å².